The number of rotatable bonds is 4. The summed E-state index contributed by atoms with van der Waals surface area (Å²) in [5.41, 5.74) is 0.800. The second kappa shape index (κ2) is 6.92. The van der Waals surface area contributed by atoms with Gasteiger partial charge in [0.15, 0.2) is 6.04 Å². The number of nitrogens with zero attached hydrogens (tertiary/aromatic N) is 1. The molecule has 1 atom stereocenters. The van der Waals surface area contributed by atoms with Crippen molar-refractivity contribution in [2.24, 2.45) is 5.18 Å². The van der Waals surface area contributed by atoms with Crippen LogP contribution in [0.5, 0.6) is 0 Å². The molecule has 1 unspecified atom stereocenters. The molecular weight excluding hydrogens is 210 g/mol. The van der Waals surface area contributed by atoms with E-state index < -0.39 is 12.0 Å². The first-order chi connectivity index (χ1) is 6.24. The van der Waals surface area contributed by atoms with E-state index in [0.29, 0.717) is 0 Å². The number of hydrogen-bond acceptors (Lipinski definition) is 3. The quantitative estimate of drug-likeness (QED) is 0.615. The van der Waals surface area contributed by atoms with Crippen molar-refractivity contribution in [3.05, 3.63) is 40.8 Å². The Morgan fingerprint density at radius 3 is 2.43 bits per heavy atom. The van der Waals surface area contributed by atoms with Crippen LogP contribution in [0.1, 0.15) is 8.42 Å². The standard InChI is InChI=1S/C9H9NO3.Ca.2H/c11-9(12)8(10-13)6-7-4-2-1-3-5-7;;;/h1-5,8H,6H2,(H,11,12);;;/q;+2;2*-1. The van der Waals surface area contributed by atoms with Crippen molar-refractivity contribution in [1.82, 2.24) is 0 Å². The summed E-state index contributed by atoms with van der Waals surface area (Å²) in [4.78, 5) is 20.6. The van der Waals surface area contributed by atoms with E-state index in [1.165, 1.54) is 0 Å². The van der Waals surface area contributed by atoms with Crippen LogP contribution >= 0.6 is 0 Å². The molecule has 0 aromatic heterocycles. The van der Waals surface area contributed by atoms with Crippen LogP contribution < -0.4 is 0 Å². The maximum atomic E-state index is 10.4. The van der Waals surface area contributed by atoms with E-state index in [-0.39, 0.29) is 47.0 Å². The Hall–Kier alpha value is -0.450. The fourth-order valence-corrected chi connectivity index (χ4v) is 1.01. The molecule has 0 spiro atoms. The number of carboxylic acid groups (broad SMARTS) is 1. The summed E-state index contributed by atoms with van der Waals surface area (Å²) >= 11 is 0. The largest absolute Gasteiger partial charge is 2.00 e. The minimum absolute atomic E-state index is 0. The van der Waals surface area contributed by atoms with Gasteiger partial charge in [0, 0.05) is 6.42 Å². The van der Waals surface area contributed by atoms with E-state index in [4.69, 9.17) is 5.11 Å². The van der Waals surface area contributed by atoms with Crippen molar-refractivity contribution < 1.29 is 12.8 Å². The fraction of sp³-hybridized carbons (Fsp3) is 0.222. The number of carbonyl (C=O) groups is 1. The summed E-state index contributed by atoms with van der Waals surface area (Å²) in [6.07, 6.45) is 0.152. The van der Waals surface area contributed by atoms with Crippen molar-refractivity contribution in [2.45, 2.75) is 12.5 Å². The third-order valence-electron chi connectivity index (χ3n) is 1.68. The normalized spacial score (nSPS) is 11.1. The van der Waals surface area contributed by atoms with Gasteiger partial charge in [-0.3, -0.25) is 0 Å². The number of benzene rings is 1. The van der Waals surface area contributed by atoms with Crippen LogP contribution in [0.3, 0.4) is 0 Å². The van der Waals surface area contributed by atoms with Crippen LogP contribution in [0.2, 0.25) is 0 Å². The first kappa shape index (κ1) is 13.5. The SMILES string of the molecule is O=NC(Cc1ccccc1)C(=O)O.[Ca+2].[H-].[H-]. The molecule has 1 rings (SSSR count). The Labute approximate surface area is 114 Å². The maximum absolute atomic E-state index is 10.4. The number of nitroso groups, excluding NO2 is 1. The first-order valence-corrected chi connectivity index (χ1v) is 3.83. The number of carboxylic acids is 1. The Morgan fingerprint density at radius 2 is 2.00 bits per heavy atom. The Morgan fingerprint density at radius 1 is 1.43 bits per heavy atom. The Kier molecular flexibility index (Phi) is 6.70. The molecule has 0 amide bonds. The second-order valence-electron chi connectivity index (χ2n) is 2.65. The molecule has 1 aromatic rings. The predicted molar refractivity (Wildman–Crippen MR) is 55.3 cm³/mol. The maximum Gasteiger partial charge on any atom is 2.00 e. The molecule has 0 heterocycles. The van der Waals surface area contributed by atoms with Gasteiger partial charge in [-0.1, -0.05) is 35.5 Å². The summed E-state index contributed by atoms with van der Waals surface area (Å²) in [5, 5.41) is 11.1. The minimum Gasteiger partial charge on any atom is -1.00 e. The van der Waals surface area contributed by atoms with Gasteiger partial charge in [-0.15, -0.1) is 4.91 Å². The van der Waals surface area contributed by atoms with Gasteiger partial charge in [0.2, 0.25) is 0 Å². The predicted octanol–water partition coefficient (Wildman–Crippen LogP) is 1.29. The van der Waals surface area contributed by atoms with Crippen LogP contribution in [0, 0.1) is 4.91 Å². The van der Waals surface area contributed by atoms with Crippen LogP contribution in [0.15, 0.2) is 35.5 Å². The smallest absolute Gasteiger partial charge is 1.00 e. The molecule has 0 bridgehead atoms. The summed E-state index contributed by atoms with van der Waals surface area (Å²) in [6, 6.07) is 7.76. The van der Waals surface area contributed by atoms with Gasteiger partial charge in [0.1, 0.15) is 0 Å². The Bertz CT molecular complexity index is 311. The molecule has 72 valence electrons. The third kappa shape index (κ3) is 4.17. The molecule has 0 aliphatic carbocycles. The Balaban J connectivity index is -0.000000563. The van der Waals surface area contributed by atoms with Gasteiger partial charge in [0.25, 0.3) is 0 Å². The van der Waals surface area contributed by atoms with Gasteiger partial charge in [0.05, 0.1) is 0 Å². The van der Waals surface area contributed by atoms with Gasteiger partial charge in [-0.25, -0.2) is 4.79 Å². The molecule has 0 aliphatic rings. The summed E-state index contributed by atoms with van der Waals surface area (Å²) in [7, 11) is 0. The average Bonchev–Trinajstić information content (AvgIpc) is 2.15. The molecule has 4 nitrogen and oxygen atoms in total. The van der Waals surface area contributed by atoms with Crippen LogP contribution in [0.25, 0.3) is 0 Å². The average molecular weight is 221 g/mol. The van der Waals surface area contributed by atoms with Crippen molar-refractivity contribution in [1.29, 1.82) is 0 Å². The molecule has 1 aromatic carbocycles. The van der Waals surface area contributed by atoms with E-state index in [1.807, 2.05) is 6.07 Å². The van der Waals surface area contributed by atoms with E-state index in [0.717, 1.165) is 5.56 Å². The van der Waals surface area contributed by atoms with Crippen molar-refractivity contribution in [2.75, 3.05) is 0 Å². The zero-order chi connectivity index (χ0) is 9.68. The second-order valence-corrected chi connectivity index (χ2v) is 2.65. The molecule has 5 heteroatoms. The number of hydrogen-bond donors (Lipinski definition) is 1. The summed E-state index contributed by atoms with van der Waals surface area (Å²) in [6.45, 7) is 0. The molecule has 0 saturated heterocycles. The van der Waals surface area contributed by atoms with Crippen molar-refractivity contribution in [3.63, 3.8) is 0 Å². The van der Waals surface area contributed by atoms with Gasteiger partial charge >= 0.3 is 43.7 Å². The van der Waals surface area contributed by atoms with Crippen LogP contribution in [-0.2, 0) is 11.2 Å². The molecular formula is C9H11CaNO3. The zero-order valence-electron chi connectivity index (χ0n) is 9.59. The van der Waals surface area contributed by atoms with Gasteiger partial charge in [-0.2, -0.15) is 0 Å². The molecule has 1 N–H and O–H groups in total. The monoisotopic (exact) mass is 221 g/mol. The van der Waals surface area contributed by atoms with E-state index in [1.54, 1.807) is 24.3 Å². The van der Waals surface area contributed by atoms with Crippen LogP contribution in [0.4, 0.5) is 0 Å². The molecule has 0 aliphatic heterocycles. The third-order valence-corrected chi connectivity index (χ3v) is 1.68. The molecule has 0 radical (unpaired) electrons. The molecule has 0 fully saturated rings. The fourth-order valence-electron chi connectivity index (χ4n) is 1.01. The molecule has 0 saturated carbocycles. The van der Waals surface area contributed by atoms with E-state index in [9.17, 15) is 9.70 Å². The minimum atomic E-state index is -1.18. The van der Waals surface area contributed by atoms with E-state index >= 15 is 0 Å². The van der Waals surface area contributed by atoms with E-state index in [2.05, 4.69) is 5.18 Å². The first-order valence-electron chi connectivity index (χ1n) is 3.83. The van der Waals surface area contributed by atoms with Crippen molar-refractivity contribution >= 4 is 43.7 Å². The summed E-state index contributed by atoms with van der Waals surface area (Å²) < 4.78 is 0. The van der Waals surface area contributed by atoms with Crippen LogP contribution in [-0.4, -0.2) is 54.9 Å². The van der Waals surface area contributed by atoms with Gasteiger partial charge in [-0.05, 0) is 5.56 Å². The summed E-state index contributed by atoms with van der Waals surface area (Å²) in [5.74, 6) is -1.18. The topological polar surface area (TPSA) is 66.7 Å². The zero-order valence-corrected chi connectivity index (χ0v) is 9.80. The molecule has 14 heavy (non-hydrogen) atoms. The van der Waals surface area contributed by atoms with Gasteiger partial charge < -0.3 is 7.96 Å². The number of aliphatic carboxylic acids is 1. The van der Waals surface area contributed by atoms with Crippen molar-refractivity contribution in [3.8, 4) is 0 Å².